The summed E-state index contributed by atoms with van der Waals surface area (Å²) in [5.41, 5.74) is 4.60. The van der Waals surface area contributed by atoms with Crippen LogP contribution in [0.3, 0.4) is 0 Å². The minimum Gasteiger partial charge on any atom is -0.352 e. The molecule has 0 spiro atoms. The molecule has 27 heavy (non-hydrogen) atoms. The van der Waals surface area contributed by atoms with Crippen LogP contribution in [0.2, 0.25) is 0 Å². The molecule has 3 N–H and O–H groups in total. The summed E-state index contributed by atoms with van der Waals surface area (Å²) >= 11 is 1.52. The van der Waals surface area contributed by atoms with Crippen molar-refractivity contribution in [3.63, 3.8) is 0 Å². The molecule has 0 saturated heterocycles. The van der Waals surface area contributed by atoms with Crippen LogP contribution < -0.4 is 16.2 Å². The number of carbonyl (C=O) groups is 1. The lowest BCUT2D eigenvalue weighted by Gasteiger charge is -2.07. The third-order valence-electron chi connectivity index (χ3n) is 5.07. The summed E-state index contributed by atoms with van der Waals surface area (Å²) < 4.78 is 0. The highest BCUT2D eigenvalue weighted by Crippen LogP contribution is 2.25. The van der Waals surface area contributed by atoms with Crippen molar-refractivity contribution in [2.75, 3.05) is 0 Å². The lowest BCUT2D eigenvalue weighted by Crippen LogP contribution is -2.23. The van der Waals surface area contributed by atoms with E-state index in [2.05, 4.69) is 38.8 Å². The molecule has 7 heteroatoms. The number of hydrogen-bond acceptors (Lipinski definition) is 5. The Morgan fingerprint density at radius 1 is 1.26 bits per heavy atom. The topological polar surface area (TPSA) is 86.9 Å². The highest BCUT2D eigenvalue weighted by atomic mass is 32.1. The van der Waals surface area contributed by atoms with E-state index in [1.54, 1.807) is 0 Å². The highest BCUT2D eigenvalue weighted by Gasteiger charge is 2.13. The van der Waals surface area contributed by atoms with Gasteiger partial charge >= 0.3 is 0 Å². The van der Waals surface area contributed by atoms with E-state index in [0.29, 0.717) is 30.6 Å². The first-order valence-electron chi connectivity index (χ1n) is 9.08. The first-order valence-corrected chi connectivity index (χ1v) is 9.90. The molecule has 1 amide bonds. The lowest BCUT2D eigenvalue weighted by atomic mass is 10.1. The number of rotatable bonds is 5. The zero-order valence-corrected chi connectivity index (χ0v) is 16.3. The average Bonchev–Trinajstić information content (AvgIpc) is 3.22. The molecule has 2 aromatic heterocycles. The summed E-state index contributed by atoms with van der Waals surface area (Å²) in [5.74, 6) is 0.516. The zero-order valence-electron chi connectivity index (χ0n) is 15.4. The Labute approximate surface area is 161 Å². The Morgan fingerprint density at radius 3 is 2.93 bits per heavy atom. The van der Waals surface area contributed by atoms with Gasteiger partial charge in [-0.2, -0.15) is 0 Å². The van der Waals surface area contributed by atoms with Crippen molar-refractivity contribution >= 4 is 27.5 Å². The Morgan fingerprint density at radius 2 is 2.07 bits per heavy atom. The van der Waals surface area contributed by atoms with Crippen molar-refractivity contribution in [2.45, 2.75) is 46.3 Å². The van der Waals surface area contributed by atoms with Crippen molar-refractivity contribution in [3.8, 4) is 0 Å². The van der Waals surface area contributed by atoms with Crippen LogP contribution >= 0.6 is 11.3 Å². The van der Waals surface area contributed by atoms with E-state index < -0.39 is 0 Å². The second-order valence-electron chi connectivity index (χ2n) is 6.96. The number of H-pyrrole nitrogens is 1. The molecule has 1 aliphatic heterocycles. The molecular formula is C20H22N4O2S. The first-order chi connectivity index (χ1) is 13.0. The van der Waals surface area contributed by atoms with Crippen LogP contribution in [0.1, 0.15) is 39.4 Å². The third kappa shape index (κ3) is 3.65. The van der Waals surface area contributed by atoms with Crippen LogP contribution in [-0.4, -0.2) is 15.9 Å². The molecule has 0 unspecified atom stereocenters. The van der Waals surface area contributed by atoms with Gasteiger partial charge in [-0.25, -0.2) is 4.98 Å². The lowest BCUT2D eigenvalue weighted by molar-refractivity contribution is -0.121. The first kappa shape index (κ1) is 17.9. The van der Waals surface area contributed by atoms with Crippen LogP contribution in [0.25, 0.3) is 10.2 Å². The second-order valence-corrected chi connectivity index (χ2v) is 8.16. The second kappa shape index (κ2) is 7.25. The number of benzene rings is 1. The third-order valence-corrected chi connectivity index (χ3v) is 6.17. The van der Waals surface area contributed by atoms with Gasteiger partial charge in [0.25, 0.3) is 5.56 Å². The quantitative estimate of drug-likeness (QED) is 0.633. The molecule has 0 bridgehead atoms. The van der Waals surface area contributed by atoms with E-state index in [9.17, 15) is 9.59 Å². The molecule has 140 valence electrons. The van der Waals surface area contributed by atoms with Gasteiger partial charge in [0.1, 0.15) is 10.7 Å². The van der Waals surface area contributed by atoms with Gasteiger partial charge in [-0.1, -0.05) is 18.2 Å². The molecular weight excluding hydrogens is 360 g/mol. The smallest absolute Gasteiger partial charge is 0.259 e. The van der Waals surface area contributed by atoms with Crippen molar-refractivity contribution in [2.24, 2.45) is 0 Å². The summed E-state index contributed by atoms with van der Waals surface area (Å²) in [5, 5.41) is 6.93. The fraction of sp³-hybridized carbons (Fsp3) is 0.350. The average molecular weight is 382 g/mol. The van der Waals surface area contributed by atoms with Crippen LogP contribution in [-0.2, 0) is 30.8 Å². The molecule has 3 aromatic rings. The van der Waals surface area contributed by atoms with Crippen LogP contribution in [0.15, 0.2) is 23.0 Å². The van der Waals surface area contributed by atoms with Crippen molar-refractivity contribution < 1.29 is 4.79 Å². The number of fused-ring (bicyclic) bond motifs is 2. The molecule has 4 rings (SSSR count). The number of aromatic amines is 1. The molecule has 0 saturated carbocycles. The van der Waals surface area contributed by atoms with Crippen LogP contribution in [0.4, 0.5) is 0 Å². The van der Waals surface area contributed by atoms with E-state index in [1.807, 2.05) is 13.8 Å². The van der Waals surface area contributed by atoms with Crippen molar-refractivity contribution in [3.05, 3.63) is 61.5 Å². The van der Waals surface area contributed by atoms with Gasteiger partial charge < -0.3 is 15.6 Å². The van der Waals surface area contributed by atoms with E-state index >= 15 is 0 Å². The summed E-state index contributed by atoms with van der Waals surface area (Å²) in [7, 11) is 0. The minimum atomic E-state index is -0.121. The normalized spacial score (nSPS) is 13.1. The summed E-state index contributed by atoms with van der Waals surface area (Å²) in [6.07, 6.45) is 0.714. The highest BCUT2D eigenvalue weighted by molar-refractivity contribution is 7.18. The van der Waals surface area contributed by atoms with Crippen LogP contribution in [0, 0.1) is 13.8 Å². The SMILES string of the molecule is Cc1sc2nc(CCC(=O)NCc3ccc4c(c3)CNC4)[nH]c(=O)c2c1C. The number of nitrogens with one attached hydrogen (secondary N) is 3. The van der Waals surface area contributed by atoms with Gasteiger partial charge in [-0.15, -0.1) is 11.3 Å². The Bertz CT molecular complexity index is 1080. The summed E-state index contributed by atoms with van der Waals surface area (Å²) in [6, 6.07) is 6.32. The maximum Gasteiger partial charge on any atom is 0.259 e. The minimum absolute atomic E-state index is 0.0464. The molecule has 3 heterocycles. The van der Waals surface area contributed by atoms with Crippen LogP contribution in [0.5, 0.6) is 0 Å². The van der Waals surface area contributed by atoms with Crippen molar-refractivity contribution in [1.29, 1.82) is 0 Å². The number of aryl methyl sites for hydroxylation is 3. The molecule has 0 aliphatic carbocycles. The van der Waals surface area contributed by atoms with Crippen molar-refractivity contribution in [1.82, 2.24) is 20.6 Å². The number of aromatic nitrogens is 2. The predicted octanol–water partition coefficient (Wildman–Crippen LogP) is 2.45. The van der Waals surface area contributed by atoms with Gasteiger partial charge in [0.2, 0.25) is 5.91 Å². The monoisotopic (exact) mass is 382 g/mol. The van der Waals surface area contributed by atoms with Gasteiger partial charge in [-0.05, 0) is 36.1 Å². The number of carbonyl (C=O) groups excluding carboxylic acids is 1. The molecule has 1 aliphatic rings. The Balaban J connectivity index is 1.36. The standard InChI is InChI=1S/C20H22N4O2S/c1-11-12(2)27-20-18(11)19(26)23-16(24-20)5-6-17(25)22-8-13-3-4-14-9-21-10-15(14)7-13/h3-4,7,21H,5-6,8-10H2,1-2H3,(H,22,25)(H,23,24,26). The molecule has 0 fully saturated rings. The van der Waals surface area contributed by atoms with E-state index in [1.165, 1.54) is 22.5 Å². The Hall–Kier alpha value is -2.51. The maximum atomic E-state index is 12.3. The molecule has 0 radical (unpaired) electrons. The molecule has 1 aromatic carbocycles. The number of hydrogen-bond donors (Lipinski definition) is 3. The predicted molar refractivity (Wildman–Crippen MR) is 107 cm³/mol. The number of thiophene rings is 1. The molecule has 6 nitrogen and oxygen atoms in total. The van der Waals surface area contributed by atoms with E-state index in [-0.39, 0.29) is 11.5 Å². The zero-order chi connectivity index (χ0) is 19.0. The number of nitrogens with zero attached hydrogens (tertiary/aromatic N) is 1. The summed E-state index contributed by atoms with van der Waals surface area (Å²) in [6.45, 7) is 6.25. The fourth-order valence-electron chi connectivity index (χ4n) is 3.40. The molecule has 0 atom stereocenters. The number of amides is 1. The van der Waals surface area contributed by atoms with E-state index in [0.717, 1.165) is 33.9 Å². The maximum absolute atomic E-state index is 12.3. The fourth-order valence-corrected chi connectivity index (χ4v) is 4.45. The van der Waals surface area contributed by atoms with E-state index in [4.69, 9.17) is 0 Å². The van der Waals surface area contributed by atoms with Gasteiger partial charge in [0.15, 0.2) is 0 Å². The Kier molecular flexibility index (Phi) is 4.80. The van der Waals surface area contributed by atoms with Gasteiger partial charge in [-0.3, -0.25) is 9.59 Å². The largest absolute Gasteiger partial charge is 0.352 e. The summed E-state index contributed by atoms with van der Waals surface area (Å²) in [4.78, 5) is 33.7. The van der Waals surface area contributed by atoms with Gasteiger partial charge in [0, 0.05) is 37.4 Å². The van der Waals surface area contributed by atoms with Gasteiger partial charge in [0.05, 0.1) is 5.39 Å².